The van der Waals surface area contributed by atoms with E-state index < -0.39 is 0 Å². The van der Waals surface area contributed by atoms with Gasteiger partial charge in [0, 0.05) is 19.6 Å². The van der Waals surface area contributed by atoms with Gasteiger partial charge in [0.15, 0.2) is 0 Å². The van der Waals surface area contributed by atoms with Crippen LogP contribution in [-0.2, 0) is 9.59 Å². The van der Waals surface area contributed by atoms with Crippen LogP contribution in [0.25, 0.3) is 0 Å². The van der Waals surface area contributed by atoms with Crippen LogP contribution in [0.3, 0.4) is 0 Å². The second-order valence-corrected chi connectivity index (χ2v) is 5.68. The summed E-state index contributed by atoms with van der Waals surface area (Å²) >= 11 is 0. The first-order valence-corrected chi connectivity index (χ1v) is 7.45. The van der Waals surface area contributed by atoms with Gasteiger partial charge in [-0.2, -0.15) is 0 Å². The number of hydrogen-bond acceptors (Lipinski definition) is 3. The van der Waals surface area contributed by atoms with Gasteiger partial charge in [0.1, 0.15) is 0 Å². The molecule has 2 N–H and O–H groups in total. The molecule has 0 radical (unpaired) electrons. The standard InChI is InChI=1S/C14H25N3O2/c1-2-14(6-7-15-11-14)13(19)16-10-12(18)17-8-4-3-5-9-17/h15H,2-11H2,1H3,(H,16,19). The molecule has 0 aliphatic carbocycles. The average Bonchev–Trinajstić information content (AvgIpc) is 2.95. The Bertz CT molecular complexity index is 332. The first-order valence-electron chi connectivity index (χ1n) is 7.45. The van der Waals surface area contributed by atoms with E-state index in [1.807, 2.05) is 11.8 Å². The van der Waals surface area contributed by atoms with Crippen molar-refractivity contribution in [3.8, 4) is 0 Å². The molecule has 0 bridgehead atoms. The normalized spacial score (nSPS) is 27.3. The number of nitrogens with one attached hydrogen (secondary N) is 2. The number of carbonyl (C=O) groups excluding carboxylic acids is 2. The van der Waals surface area contributed by atoms with E-state index in [4.69, 9.17) is 0 Å². The third-order valence-electron chi connectivity index (χ3n) is 4.51. The summed E-state index contributed by atoms with van der Waals surface area (Å²) in [7, 11) is 0. The number of amides is 2. The molecular weight excluding hydrogens is 242 g/mol. The van der Waals surface area contributed by atoms with Gasteiger partial charge < -0.3 is 15.5 Å². The van der Waals surface area contributed by atoms with Crippen molar-refractivity contribution in [3.63, 3.8) is 0 Å². The Morgan fingerprint density at radius 1 is 1.26 bits per heavy atom. The van der Waals surface area contributed by atoms with Crippen LogP contribution < -0.4 is 10.6 Å². The fourth-order valence-electron chi connectivity index (χ4n) is 3.00. The molecule has 0 saturated carbocycles. The highest BCUT2D eigenvalue weighted by Crippen LogP contribution is 2.29. The molecule has 5 heteroatoms. The van der Waals surface area contributed by atoms with Gasteiger partial charge >= 0.3 is 0 Å². The maximum atomic E-state index is 12.3. The maximum absolute atomic E-state index is 12.3. The predicted molar refractivity (Wildman–Crippen MR) is 73.7 cm³/mol. The van der Waals surface area contributed by atoms with Crippen molar-refractivity contribution in [1.29, 1.82) is 0 Å². The lowest BCUT2D eigenvalue weighted by molar-refractivity contribution is -0.136. The number of hydrogen-bond donors (Lipinski definition) is 2. The van der Waals surface area contributed by atoms with Crippen LogP contribution in [0.2, 0.25) is 0 Å². The molecule has 2 saturated heterocycles. The Morgan fingerprint density at radius 3 is 2.58 bits per heavy atom. The van der Waals surface area contributed by atoms with Gasteiger partial charge in [0.2, 0.25) is 11.8 Å². The average molecular weight is 267 g/mol. The van der Waals surface area contributed by atoms with E-state index in [9.17, 15) is 9.59 Å². The first-order chi connectivity index (χ1) is 9.18. The summed E-state index contributed by atoms with van der Waals surface area (Å²) in [6, 6.07) is 0. The topological polar surface area (TPSA) is 61.4 Å². The Kier molecular flexibility index (Phi) is 4.80. The van der Waals surface area contributed by atoms with E-state index >= 15 is 0 Å². The summed E-state index contributed by atoms with van der Waals surface area (Å²) in [6.45, 7) is 5.50. The molecular formula is C14H25N3O2. The molecule has 2 amide bonds. The van der Waals surface area contributed by atoms with Gasteiger partial charge in [-0.05, 0) is 38.6 Å². The lowest BCUT2D eigenvalue weighted by Gasteiger charge is -2.28. The van der Waals surface area contributed by atoms with Gasteiger partial charge in [-0.1, -0.05) is 6.92 Å². The Labute approximate surface area is 115 Å². The molecule has 108 valence electrons. The van der Waals surface area contributed by atoms with Gasteiger partial charge in [0.25, 0.3) is 0 Å². The van der Waals surface area contributed by atoms with Crippen molar-refractivity contribution < 1.29 is 9.59 Å². The fourth-order valence-corrected chi connectivity index (χ4v) is 3.00. The summed E-state index contributed by atoms with van der Waals surface area (Å²) in [5, 5.41) is 6.08. The van der Waals surface area contributed by atoms with Crippen molar-refractivity contribution in [2.45, 2.75) is 39.0 Å². The minimum Gasteiger partial charge on any atom is -0.347 e. The third-order valence-corrected chi connectivity index (χ3v) is 4.51. The number of likely N-dealkylation sites (tertiary alicyclic amines) is 1. The lowest BCUT2D eigenvalue weighted by Crippen LogP contribution is -2.47. The number of piperidine rings is 1. The van der Waals surface area contributed by atoms with Crippen LogP contribution in [-0.4, -0.2) is 49.4 Å². The van der Waals surface area contributed by atoms with Crippen molar-refractivity contribution in [2.75, 3.05) is 32.7 Å². The highest BCUT2D eigenvalue weighted by molar-refractivity contribution is 5.88. The second-order valence-electron chi connectivity index (χ2n) is 5.68. The van der Waals surface area contributed by atoms with Crippen LogP contribution >= 0.6 is 0 Å². The fraction of sp³-hybridized carbons (Fsp3) is 0.857. The van der Waals surface area contributed by atoms with Crippen molar-refractivity contribution in [3.05, 3.63) is 0 Å². The van der Waals surface area contributed by atoms with E-state index in [0.717, 1.165) is 51.9 Å². The maximum Gasteiger partial charge on any atom is 0.241 e. The van der Waals surface area contributed by atoms with Gasteiger partial charge in [-0.3, -0.25) is 9.59 Å². The molecule has 1 atom stereocenters. The largest absolute Gasteiger partial charge is 0.347 e. The van der Waals surface area contributed by atoms with Crippen molar-refractivity contribution in [1.82, 2.24) is 15.5 Å². The van der Waals surface area contributed by atoms with Crippen LogP contribution in [0.15, 0.2) is 0 Å². The number of carbonyl (C=O) groups is 2. The SMILES string of the molecule is CCC1(C(=O)NCC(=O)N2CCCCC2)CCNC1. The summed E-state index contributed by atoms with van der Waals surface area (Å²) in [6.07, 6.45) is 5.07. The van der Waals surface area contributed by atoms with E-state index in [1.165, 1.54) is 6.42 Å². The quantitative estimate of drug-likeness (QED) is 0.780. The molecule has 0 spiro atoms. The van der Waals surface area contributed by atoms with Crippen LogP contribution in [0.1, 0.15) is 39.0 Å². The van der Waals surface area contributed by atoms with Crippen molar-refractivity contribution in [2.24, 2.45) is 5.41 Å². The second kappa shape index (κ2) is 6.37. The molecule has 0 aromatic carbocycles. The number of rotatable bonds is 4. The molecule has 5 nitrogen and oxygen atoms in total. The zero-order chi connectivity index (χ0) is 13.7. The predicted octanol–water partition coefficient (Wildman–Crippen LogP) is 0.505. The van der Waals surface area contributed by atoms with E-state index in [1.54, 1.807) is 0 Å². The molecule has 0 aromatic rings. The molecule has 2 aliphatic rings. The van der Waals surface area contributed by atoms with Gasteiger partial charge in [0.05, 0.1) is 12.0 Å². The molecule has 19 heavy (non-hydrogen) atoms. The summed E-state index contributed by atoms with van der Waals surface area (Å²) in [5.41, 5.74) is -0.303. The van der Waals surface area contributed by atoms with Crippen molar-refractivity contribution >= 4 is 11.8 Å². The molecule has 2 fully saturated rings. The monoisotopic (exact) mass is 267 g/mol. The first kappa shape index (κ1) is 14.3. The highest BCUT2D eigenvalue weighted by Gasteiger charge is 2.39. The molecule has 0 aromatic heterocycles. The molecule has 2 aliphatic heterocycles. The summed E-state index contributed by atoms with van der Waals surface area (Å²) < 4.78 is 0. The third kappa shape index (κ3) is 3.26. The molecule has 2 heterocycles. The smallest absolute Gasteiger partial charge is 0.241 e. The van der Waals surface area contributed by atoms with Crippen LogP contribution in [0.4, 0.5) is 0 Å². The van der Waals surface area contributed by atoms with E-state index in [0.29, 0.717) is 0 Å². The lowest BCUT2D eigenvalue weighted by atomic mass is 9.83. The molecule has 2 rings (SSSR count). The Hall–Kier alpha value is -1.10. The Balaban J connectivity index is 1.80. The number of nitrogens with zero attached hydrogens (tertiary/aromatic N) is 1. The van der Waals surface area contributed by atoms with Gasteiger partial charge in [-0.25, -0.2) is 0 Å². The summed E-state index contributed by atoms with van der Waals surface area (Å²) in [4.78, 5) is 26.1. The Morgan fingerprint density at radius 2 is 2.00 bits per heavy atom. The minimum absolute atomic E-state index is 0.0327. The van der Waals surface area contributed by atoms with Crippen LogP contribution in [0.5, 0.6) is 0 Å². The van der Waals surface area contributed by atoms with Gasteiger partial charge in [-0.15, -0.1) is 0 Å². The molecule has 1 unspecified atom stereocenters. The minimum atomic E-state index is -0.303. The zero-order valence-electron chi connectivity index (χ0n) is 11.8. The van der Waals surface area contributed by atoms with Crippen LogP contribution in [0, 0.1) is 5.41 Å². The van der Waals surface area contributed by atoms with E-state index in [2.05, 4.69) is 10.6 Å². The summed E-state index contributed by atoms with van der Waals surface area (Å²) in [5.74, 6) is 0.0932. The zero-order valence-corrected chi connectivity index (χ0v) is 11.8. The highest BCUT2D eigenvalue weighted by atomic mass is 16.2. The van der Waals surface area contributed by atoms with E-state index in [-0.39, 0.29) is 23.8 Å².